The van der Waals surface area contributed by atoms with Gasteiger partial charge in [0.1, 0.15) is 6.21 Å². The lowest BCUT2D eigenvalue weighted by Crippen LogP contribution is -2.52. The zero-order valence-corrected chi connectivity index (χ0v) is 14.1. The second kappa shape index (κ2) is 6.12. The predicted octanol–water partition coefficient (Wildman–Crippen LogP) is 2.45. The molecule has 0 aliphatic carbocycles. The number of carbonyl (C=O) groups excluding carboxylic acids is 2. The van der Waals surface area contributed by atoms with E-state index in [1.54, 1.807) is 25.0 Å². The van der Waals surface area contributed by atoms with Crippen LogP contribution in [0, 0.1) is 12.8 Å². The van der Waals surface area contributed by atoms with Crippen LogP contribution >= 0.6 is 11.8 Å². The summed E-state index contributed by atoms with van der Waals surface area (Å²) < 4.78 is 1.45. The lowest BCUT2D eigenvalue weighted by molar-refractivity contribution is -0.407. The molecule has 0 fully saturated rings. The molecule has 0 saturated carbocycles. The summed E-state index contributed by atoms with van der Waals surface area (Å²) in [5.74, 6) is 0.586. The average Bonchev–Trinajstić information content (AvgIpc) is 2.57. The summed E-state index contributed by atoms with van der Waals surface area (Å²) in [7, 11) is 3.17. The van der Waals surface area contributed by atoms with E-state index in [9.17, 15) is 9.59 Å². The largest absolute Gasteiger partial charge is 0.445 e. The summed E-state index contributed by atoms with van der Waals surface area (Å²) in [5, 5.41) is 0. The van der Waals surface area contributed by atoms with Crippen LogP contribution in [0.15, 0.2) is 40.2 Å². The van der Waals surface area contributed by atoms with Crippen LogP contribution in [-0.4, -0.2) is 47.6 Å². The number of urea groups is 1. The molecule has 118 valence electrons. The summed E-state index contributed by atoms with van der Waals surface area (Å²) >= 11 is 1.62. The molecule has 1 aromatic rings. The van der Waals surface area contributed by atoms with Gasteiger partial charge in [-0.1, -0.05) is 24.3 Å². The second-order valence-electron chi connectivity index (χ2n) is 5.59. The minimum absolute atomic E-state index is 0.219. The number of thioether (sulfide) groups is 1. The van der Waals surface area contributed by atoms with Gasteiger partial charge in [-0.05, 0) is 24.1 Å². The third kappa shape index (κ3) is 2.74. The van der Waals surface area contributed by atoms with Gasteiger partial charge >= 0.3 is 11.9 Å². The lowest BCUT2D eigenvalue weighted by Gasteiger charge is -2.26. The highest BCUT2D eigenvalue weighted by Gasteiger charge is 2.46. The number of carbonyl (C=O) groups is 2. The Labute approximate surface area is 139 Å². The lowest BCUT2D eigenvalue weighted by atomic mass is 10.0. The molecule has 23 heavy (non-hydrogen) atoms. The number of amidine groups is 1. The molecule has 3 amide bonds. The number of aliphatic imine (C=N–C) groups is 1. The number of nitrogens with zero attached hydrogens (tertiary/aromatic N) is 3. The highest BCUT2D eigenvalue weighted by molar-refractivity contribution is 8.02. The minimum Gasteiger partial charge on any atom is -0.255 e. The standard InChI is InChI=1S/C17H18N3O2S/c1-11-6-4-5-7-12(11)10-23-13-8-9-18-15-14(13)16(21)20(3)17(22)19(15)2/h4-9,14H,10H2,1-3H3/q+1. The van der Waals surface area contributed by atoms with Crippen LogP contribution in [0.25, 0.3) is 0 Å². The Balaban J connectivity index is 1.88. The summed E-state index contributed by atoms with van der Waals surface area (Å²) in [6.07, 6.45) is 3.53. The highest BCUT2D eigenvalue weighted by atomic mass is 32.2. The van der Waals surface area contributed by atoms with Gasteiger partial charge in [0.25, 0.3) is 5.84 Å². The molecule has 3 rings (SSSR count). The van der Waals surface area contributed by atoms with Gasteiger partial charge in [-0.15, -0.1) is 16.8 Å². The fourth-order valence-corrected chi connectivity index (χ4v) is 3.85. The van der Waals surface area contributed by atoms with E-state index >= 15 is 0 Å². The average molecular weight is 328 g/mol. The van der Waals surface area contributed by atoms with Crippen molar-refractivity contribution in [3.63, 3.8) is 0 Å². The maximum absolute atomic E-state index is 12.5. The zero-order chi connectivity index (χ0) is 16.6. The number of amides is 3. The second-order valence-corrected chi connectivity index (χ2v) is 6.64. The van der Waals surface area contributed by atoms with Crippen LogP contribution in [0.1, 0.15) is 11.1 Å². The first-order chi connectivity index (χ1) is 11.0. The number of benzene rings is 1. The first kappa shape index (κ1) is 15.7. The summed E-state index contributed by atoms with van der Waals surface area (Å²) in [5.41, 5.74) is 2.47. The zero-order valence-electron chi connectivity index (χ0n) is 13.3. The van der Waals surface area contributed by atoms with Crippen LogP contribution in [0.2, 0.25) is 0 Å². The predicted molar refractivity (Wildman–Crippen MR) is 91.9 cm³/mol. The summed E-state index contributed by atoms with van der Waals surface area (Å²) in [4.78, 5) is 30.9. The molecule has 1 unspecified atom stereocenters. The molecule has 0 radical (unpaired) electrons. The van der Waals surface area contributed by atoms with Crippen molar-refractivity contribution in [2.24, 2.45) is 10.9 Å². The summed E-state index contributed by atoms with van der Waals surface area (Å²) in [6.45, 7) is 2.08. The van der Waals surface area contributed by atoms with Crippen molar-refractivity contribution in [3.05, 3.63) is 46.4 Å². The van der Waals surface area contributed by atoms with Crippen LogP contribution in [0.4, 0.5) is 4.79 Å². The van der Waals surface area contributed by atoms with Crippen LogP contribution in [0.3, 0.4) is 0 Å². The van der Waals surface area contributed by atoms with Crippen molar-refractivity contribution in [1.29, 1.82) is 0 Å². The molecule has 0 saturated heterocycles. The first-order valence-electron chi connectivity index (χ1n) is 7.34. The van der Waals surface area contributed by atoms with Gasteiger partial charge < -0.3 is 0 Å². The molecule has 2 heterocycles. The number of aryl methyl sites for hydroxylation is 1. The third-order valence-corrected chi connectivity index (χ3v) is 5.30. The van der Waals surface area contributed by atoms with Crippen LogP contribution in [0.5, 0.6) is 0 Å². The minimum atomic E-state index is -0.485. The SMILES string of the molecule is Cc1ccccc1CSC1=CC=NC2=[N+](C)C(=O)N(C)C(=O)C12. The Morgan fingerprint density at radius 2 is 2.04 bits per heavy atom. The molecular weight excluding hydrogens is 310 g/mol. The molecule has 2 aliphatic heterocycles. The van der Waals surface area contributed by atoms with Crippen molar-refractivity contribution in [2.75, 3.05) is 14.1 Å². The van der Waals surface area contributed by atoms with Crippen LogP contribution in [-0.2, 0) is 10.5 Å². The number of dihydropyridines is 1. The number of allylic oxidation sites excluding steroid dienone is 1. The van der Waals surface area contributed by atoms with Gasteiger partial charge in [0.05, 0.1) is 14.1 Å². The van der Waals surface area contributed by atoms with Crippen molar-refractivity contribution in [2.45, 2.75) is 12.7 Å². The molecule has 0 N–H and O–H groups in total. The van der Waals surface area contributed by atoms with E-state index in [1.807, 2.05) is 18.2 Å². The molecule has 1 atom stereocenters. The number of hydrogen-bond donors (Lipinski definition) is 0. The Morgan fingerprint density at radius 1 is 1.30 bits per heavy atom. The van der Waals surface area contributed by atoms with Crippen LogP contribution < -0.4 is 0 Å². The highest BCUT2D eigenvalue weighted by Crippen LogP contribution is 2.33. The van der Waals surface area contributed by atoms with E-state index in [1.165, 1.54) is 22.8 Å². The maximum Gasteiger partial charge on any atom is 0.445 e. The van der Waals surface area contributed by atoms with Gasteiger partial charge in [0, 0.05) is 10.7 Å². The topological polar surface area (TPSA) is 52.8 Å². The quantitative estimate of drug-likeness (QED) is 0.801. The van der Waals surface area contributed by atoms with Crippen molar-refractivity contribution < 1.29 is 14.2 Å². The fourth-order valence-electron chi connectivity index (χ4n) is 2.67. The number of imide groups is 1. The molecule has 0 aromatic heterocycles. The van der Waals surface area contributed by atoms with E-state index in [0.29, 0.717) is 5.84 Å². The fraction of sp³-hybridized carbons (Fsp3) is 0.294. The maximum atomic E-state index is 12.5. The van der Waals surface area contributed by atoms with E-state index in [-0.39, 0.29) is 11.9 Å². The Kier molecular flexibility index (Phi) is 4.17. The van der Waals surface area contributed by atoms with Gasteiger partial charge in [-0.2, -0.15) is 9.48 Å². The monoisotopic (exact) mass is 328 g/mol. The molecule has 0 spiro atoms. The summed E-state index contributed by atoms with van der Waals surface area (Å²) in [6, 6.07) is 7.86. The van der Waals surface area contributed by atoms with E-state index in [4.69, 9.17) is 0 Å². The first-order valence-corrected chi connectivity index (χ1v) is 8.33. The Bertz CT molecular complexity index is 780. The van der Waals surface area contributed by atoms with Crippen molar-refractivity contribution in [3.8, 4) is 0 Å². The van der Waals surface area contributed by atoms with Crippen molar-refractivity contribution >= 4 is 35.8 Å². The number of fused-ring (bicyclic) bond motifs is 1. The molecule has 2 aliphatic rings. The normalized spacial score (nSPS) is 20.7. The number of rotatable bonds is 3. The molecule has 0 bridgehead atoms. The van der Waals surface area contributed by atoms with Gasteiger partial charge in [-0.25, -0.2) is 4.79 Å². The molecule has 1 aromatic carbocycles. The molecule has 5 nitrogen and oxygen atoms in total. The van der Waals surface area contributed by atoms with E-state index < -0.39 is 5.92 Å². The van der Waals surface area contributed by atoms with Gasteiger partial charge in [0.2, 0.25) is 0 Å². The molecular formula is C17H18N3O2S+. The van der Waals surface area contributed by atoms with E-state index in [0.717, 1.165) is 15.6 Å². The Morgan fingerprint density at radius 3 is 2.78 bits per heavy atom. The van der Waals surface area contributed by atoms with Gasteiger partial charge in [-0.3, -0.25) is 4.79 Å². The third-order valence-electron chi connectivity index (χ3n) is 4.14. The molecule has 6 heteroatoms. The number of hydrogen-bond acceptors (Lipinski definition) is 4. The smallest absolute Gasteiger partial charge is 0.255 e. The van der Waals surface area contributed by atoms with Crippen molar-refractivity contribution in [1.82, 2.24) is 4.90 Å². The van der Waals surface area contributed by atoms with Gasteiger partial charge in [0.15, 0.2) is 5.92 Å². The van der Waals surface area contributed by atoms with E-state index in [2.05, 4.69) is 24.0 Å². The Hall–Kier alpha value is -2.21.